The number of rotatable bonds is 5. The Bertz CT molecular complexity index is 330. The molecule has 0 radical (unpaired) electrons. The van der Waals surface area contributed by atoms with Crippen LogP contribution in [0.1, 0.15) is 5.56 Å². The summed E-state index contributed by atoms with van der Waals surface area (Å²) in [7, 11) is 0. The summed E-state index contributed by atoms with van der Waals surface area (Å²) < 4.78 is 38.6. The SMILES string of the molecule is FC(F)(F)OCCNc1ccccc1CCl. The molecule has 1 N–H and O–H groups in total. The summed E-state index contributed by atoms with van der Waals surface area (Å²) >= 11 is 5.67. The number of nitrogens with one attached hydrogen (secondary N) is 1. The van der Waals surface area contributed by atoms with Crippen molar-refractivity contribution < 1.29 is 17.9 Å². The van der Waals surface area contributed by atoms with Crippen molar-refractivity contribution in [1.82, 2.24) is 0 Å². The fraction of sp³-hybridized carbons (Fsp3) is 0.400. The smallest absolute Gasteiger partial charge is 0.382 e. The van der Waals surface area contributed by atoms with Gasteiger partial charge in [0, 0.05) is 18.1 Å². The predicted molar refractivity (Wildman–Crippen MR) is 56.5 cm³/mol. The minimum atomic E-state index is -4.58. The third-order valence-electron chi connectivity index (χ3n) is 1.84. The molecule has 0 spiro atoms. The van der Waals surface area contributed by atoms with Gasteiger partial charge in [0.1, 0.15) is 0 Å². The monoisotopic (exact) mass is 253 g/mol. The zero-order chi connectivity index (χ0) is 12.0. The fourth-order valence-corrected chi connectivity index (χ4v) is 1.39. The first kappa shape index (κ1) is 13.1. The highest BCUT2D eigenvalue weighted by Gasteiger charge is 2.28. The maximum Gasteiger partial charge on any atom is 0.522 e. The van der Waals surface area contributed by atoms with Crippen LogP contribution < -0.4 is 5.32 Å². The van der Waals surface area contributed by atoms with Gasteiger partial charge >= 0.3 is 6.36 Å². The lowest BCUT2D eigenvalue weighted by molar-refractivity contribution is -0.322. The lowest BCUT2D eigenvalue weighted by Gasteiger charge is -2.11. The van der Waals surface area contributed by atoms with Crippen LogP contribution >= 0.6 is 11.6 Å². The first-order valence-corrected chi connectivity index (χ1v) is 5.15. The molecule has 0 heterocycles. The van der Waals surface area contributed by atoms with E-state index in [-0.39, 0.29) is 6.54 Å². The highest BCUT2D eigenvalue weighted by Crippen LogP contribution is 2.18. The predicted octanol–water partition coefficient (Wildman–Crippen LogP) is 3.37. The maximum absolute atomic E-state index is 11.7. The molecule has 0 aliphatic rings. The van der Waals surface area contributed by atoms with Crippen molar-refractivity contribution in [3.63, 3.8) is 0 Å². The molecule has 0 aliphatic carbocycles. The van der Waals surface area contributed by atoms with Crippen LogP contribution in [0.4, 0.5) is 18.9 Å². The molecule has 90 valence electrons. The molecule has 0 bridgehead atoms. The van der Waals surface area contributed by atoms with Crippen molar-refractivity contribution in [2.24, 2.45) is 0 Å². The summed E-state index contributed by atoms with van der Waals surface area (Å²) in [6, 6.07) is 7.16. The molecule has 0 amide bonds. The molecular formula is C10H11ClF3NO. The van der Waals surface area contributed by atoms with E-state index < -0.39 is 13.0 Å². The van der Waals surface area contributed by atoms with Crippen LogP contribution in [-0.2, 0) is 10.6 Å². The van der Waals surface area contributed by atoms with Gasteiger partial charge in [0.15, 0.2) is 0 Å². The second kappa shape index (κ2) is 5.96. The number of alkyl halides is 4. The van der Waals surface area contributed by atoms with Crippen molar-refractivity contribution >= 4 is 17.3 Å². The van der Waals surface area contributed by atoms with Gasteiger partial charge in [0.25, 0.3) is 0 Å². The van der Waals surface area contributed by atoms with Crippen molar-refractivity contribution in [3.05, 3.63) is 29.8 Å². The van der Waals surface area contributed by atoms with E-state index in [1.807, 2.05) is 6.07 Å². The van der Waals surface area contributed by atoms with Crippen LogP contribution in [0.15, 0.2) is 24.3 Å². The van der Waals surface area contributed by atoms with Crippen molar-refractivity contribution in [2.45, 2.75) is 12.2 Å². The Kier molecular flexibility index (Phi) is 4.89. The van der Waals surface area contributed by atoms with Gasteiger partial charge in [-0.15, -0.1) is 24.8 Å². The third kappa shape index (κ3) is 4.72. The number of para-hydroxylation sites is 1. The molecule has 0 saturated heterocycles. The summed E-state index contributed by atoms with van der Waals surface area (Å²) in [4.78, 5) is 0. The van der Waals surface area contributed by atoms with Crippen LogP contribution in [0, 0.1) is 0 Å². The van der Waals surface area contributed by atoms with Gasteiger partial charge < -0.3 is 5.32 Å². The molecule has 2 nitrogen and oxygen atoms in total. The van der Waals surface area contributed by atoms with E-state index in [0.29, 0.717) is 5.88 Å². The number of benzene rings is 1. The highest BCUT2D eigenvalue weighted by molar-refractivity contribution is 6.17. The molecule has 0 aromatic heterocycles. The zero-order valence-corrected chi connectivity index (χ0v) is 9.11. The quantitative estimate of drug-likeness (QED) is 0.642. The van der Waals surface area contributed by atoms with Gasteiger partial charge in [-0.25, -0.2) is 0 Å². The first-order valence-electron chi connectivity index (χ1n) is 4.61. The lowest BCUT2D eigenvalue weighted by Crippen LogP contribution is -2.19. The zero-order valence-electron chi connectivity index (χ0n) is 8.35. The first-order chi connectivity index (χ1) is 7.53. The topological polar surface area (TPSA) is 21.3 Å². The van der Waals surface area contributed by atoms with Gasteiger partial charge in [0.2, 0.25) is 0 Å². The van der Waals surface area contributed by atoms with Crippen molar-refractivity contribution in [1.29, 1.82) is 0 Å². The second-order valence-electron chi connectivity index (χ2n) is 3.01. The van der Waals surface area contributed by atoms with Crippen molar-refractivity contribution in [2.75, 3.05) is 18.5 Å². The summed E-state index contributed by atoms with van der Waals surface area (Å²) in [5.74, 6) is 0.309. The molecule has 16 heavy (non-hydrogen) atoms. The maximum atomic E-state index is 11.7. The van der Waals surface area contributed by atoms with E-state index in [2.05, 4.69) is 10.1 Å². The molecule has 1 aromatic carbocycles. The molecule has 0 saturated carbocycles. The number of ether oxygens (including phenoxy) is 1. The van der Waals surface area contributed by atoms with Gasteiger partial charge in [-0.1, -0.05) is 18.2 Å². The molecule has 0 fully saturated rings. The minimum absolute atomic E-state index is 0.0768. The Morgan fingerprint density at radius 2 is 1.94 bits per heavy atom. The number of hydrogen-bond acceptors (Lipinski definition) is 2. The summed E-state index contributed by atoms with van der Waals surface area (Å²) in [5, 5.41) is 2.83. The van der Waals surface area contributed by atoms with E-state index in [9.17, 15) is 13.2 Å². The van der Waals surface area contributed by atoms with E-state index >= 15 is 0 Å². The fourth-order valence-electron chi connectivity index (χ4n) is 1.16. The van der Waals surface area contributed by atoms with E-state index in [1.54, 1.807) is 18.2 Å². The number of anilines is 1. The van der Waals surface area contributed by atoms with Crippen LogP contribution in [0.2, 0.25) is 0 Å². The number of halogens is 4. The largest absolute Gasteiger partial charge is 0.522 e. The molecule has 0 aliphatic heterocycles. The highest BCUT2D eigenvalue weighted by atomic mass is 35.5. The molecule has 0 atom stereocenters. The molecular weight excluding hydrogens is 243 g/mol. The van der Waals surface area contributed by atoms with Gasteiger partial charge in [0.05, 0.1) is 6.61 Å². The average molecular weight is 254 g/mol. The van der Waals surface area contributed by atoms with E-state index in [4.69, 9.17) is 11.6 Å². The Balaban J connectivity index is 2.37. The average Bonchev–Trinajstić information content (AvgIpc) is 2.23. The van der Waals surface area contributed by atoms with Crippen LogP contribution in [0.3, 0.4) is 0 Å². The third-order valence-corrected chi connectivity index (χ3v) is 2.13. The lowest BCUT2D eigenvalue weighted by atomic mass is 10.2. The van der Waals surface area contributed by atoms with E-state index in [0.717, 1.165) is 11.3 Å². The second-order valence-corrected chi connectivity index (χ2v) is 3.28. The summed E-state index contributed by atoms with van der Waals surface area (Å²) in [5.41, 5.74) is 1.57. The summed E-state index contributed by atoms with van der Waals surface area (Å²) in [6.45, 7) is -0.354. The van der Waals surface area contributed by atoms with Crippen LogP contribution in [-0.4, -0.2) is 19.5 Å². The Hall–Kier alpha value is -0.940. The van der Waals surface area contributed by atoms with Gasteiger partial charge in [-0.3, -0.25) is 4.74 Å². The molecule has 0 unspecified atom stereocenters. The Labute approximate surface area is 96.4 Å². The molecule has 1 rings (SSSR count). The molecule has 1 aromatic rings. The molecule has 6 heteroatoms. The normalized spacial score (nSPS) is 11.5. The van der Waals surface area contributed by atoms with Gasteiger partial charge in [-0.2, -0.15) is 0 Å². The summed E-state index contributed by atoms with van der Waals surface area (Å²) in [6.07, 6.45) is -4.58. The Morgan fingerprint density at radius 3 is 2.56 bits per heavy atom. The van der Waals surface area contributed by atoms with E-state index in [1.165, 1.54) is 0 Å². The van der Waals surface area contributed by atoms with Gasteiger partial charge in [-0.05, 0) is 11.6 Å². The minimum Gasteiger partial charge on any atom is -0.382 e. The van der Waals surface area contributed by atoms with Crippen LogP contribution in [0.25, 0.3) is 0 Å². The Morgan fingerprint density at radius 1 is 1.25 bits per heavy atom. The standard InChI is InChI=1S/C10H11ClF3NO/c11-7-8-3-1-2-4-9(8)15-5-6-16-10(12,13)14/h1-4,15H,5-7H2. The van der Waals surface area contributed by atoms with Crippen LogP contribution in [0.5, 0.6) is 0 Å². The number of hydrogen-bond donors (Lipinski definition) is 1. The van der Waals surface area contributed by atoms with Crippen molar-refractivity contribution in [3.8, 4) is 0 Å².